The van der Waals surface area contributed by atoms with E-state index in [-0.39, 0.29) is 5.91 Å². The molecule has 0 radical (unpaired) electrons. The van der Waals surface area contributed by atoms with E-state index in [0.29, 0.717) is 0 Å². The fraction of sp³-hybridized carbons (Fsp3) is 0.381. The van der Waals surface area contributed by atoms with E-state index in [1.807, 2.05) is 12.1 Å². The van der Waals surface area contributed by atoms with Crippen LogP contribution in [0, 0.1) is 0 Å². The third kappa shape index (κ3) is 4.83. The number of anilines is 1. The molecule has 4 nitrogen and oxygen atoms in total. The van der Waals surface area contributed by atoms with Crippen molar-refractivity contribution in [1.82, 2.24) is 10.2 Å². The van der Waals surface area contributed by atoms with Gasteiger partial charge in [0.25, 0.3) is 5.91 Å². The Morgan fingerprint density at radius 1 is 0.960 bits per heavy atom. The zero-order valence-electron chi connectivity index (χ0n) is 14.9. The summed E-state index contributed by atoms with van der Waals surface area (Å²) in [6.07, 6.45) is 0.957. The Morgan fingerprint density at radius 2 is 1.64 bits per heavy atom. The molecule has 0 aromatic heterocycles. The van der Waals surface area contributed by atoms with Crippen LogP contribution in [-0.4, -0.2) is 43.5 Å². The monoisotopic (exact) mass is 337 g/mol. The van der Waals surface area contributed by atoms with E-state index in [9.17, 15) is 4.79 Å². The molecule has 0 saturated carbocycles. The molecule has 1 fully saturated rings. The Hall–Kier alpha value is -2.33. The summed E-state index contributed by atoms with van der Waals surface area (Å²) in [7, 11) is 0. The number of benzene rings is 2. The zero-order valence-corrected chi connectivity index (χ0v) is 14.9. The predicted molar refractivity (Wildman–Crippen MR) is 103 cm³/mol. The standard InChI is InChI=1S/C21H27N3O/c1-2-12-22-21(25)19-10-8-18(9-11-19)17-23-13-15-24(16-14-23)20-6-4-3-5-7-20/h3-11H,2,12-17H2,1H3,(H,22,25). The van der Waals surface area contributed by atoms with Crippen molar-refractivity contribution >= 4 is 11.6 Å². The van der Waals surface area contributed by atoms with Gasteiger partial charge in [0, 0.05) is 50.5 Å². The Bertz CT molecular complexity index is 661. The van der Waals surface area contributed by atoms with E-state index in [1.54, 1.807) is 0 Å². The molecule has 4 heteroatoms. The van der Waals surface area contributed by atoms with Gasteiger partial charge >= 0.3 is 0 Å². The molecule has 0 aliphatic carbocycles. The average molecular weight is 337 g/mol. The van der Waals surface area contributed by atoms with Crippen molar-refractivity contribution in [3.63, 3.8) is 0 Å². The van der Waals surface area contributed by atoms with E-state index in [1.165, 1.54) is 11.3 Å². The van der Waals surface area contributed by atoms with Crippen LogP contribution in [0.2, 0.25) is 0 Å². The van der Waals surface area contributed by atoms with Crippen LogP contribution < -0.4 is 10.2 Å². The lowest BCUT2D eigenvalue weighted by molar-refractivity contribution is 0.0953. The van der Waals surface area contributed by atoms with Gasteiger partial charge in [-0.05, 0) is 36.2 Å². The van der Waals surface area contributed by atoms with E-state index in [2.05, 4.69) is 64.5 Å². The topological polar surface area (TPSA) is 35.6 Å². The molecule has 25 heavy (non-hydrogen) atoms. The molecular weight excluding hydrogens is 310 g/mol. The van der Waals surface area contributed by atoms with Gasteiger partial charge < -0.3 is 10.2 Å². The highest BCUT2D eigenvalue weighted by atomic mass is 16.1. The number of para-hydroxylation sites is 1. The van der Waals surface area contributed by atoms with Crippen molar-refractivity contribution < 1.29 is 4.79 Å². The first-order chi connectivity index (χ1) is 12.3. The molecule has 3 rings (SSSR count). The van der Waals surface area contributed by atoms with Crippen molar-refractivity contribution in [3.05, 3.63) is 65.7 Å². The number of amides is 1. The van der Waals surface area contributed by atoms with Crippen LogP contribution in [0.4, 0.5) is 5.69 Å². The molecule has 0 bridgehead atoms. The zero-order chi connectivity index (χ0) is 17.5. The Labute approximate surface area is 150 Å². The molecule has 1 aliphatic rings. The largest absolute Gasteiger partial charge is 0.369 e. The molecule has 1 aliphatic heterocycles. The van der Waals surface area contributed by atoms with Gasteiger partial charge in [-0.15, -0.1) is 0 Å². The van der Waals surface area contributed by atoms with E-state index in [4.69, 9.17) is 0 Å². The van der Waals surface area contributed by atoms with Gasteiger partial charge in [-0.25, -0.2) is 0 Å². The highest BCUT2D eigenvalue weighted by molar-refractivity contribution is 5.94. The highest BCUT2D eigenvalue weighted by Crippen LogP contribution is 2.17. The van der Waals surface area contributed by atoms with Crippen molar-refractivity contribution in [2.24, 2.45) is 0 Å². The molecule has 1 saturated heterocycles. The maximum absolute atomic E-state index is 11.9. The Morgan fingerprint density at radius 3 is 2.28 bits per heavy atom. The quantitative estimate of drug-likeness (QED) is 0.879. The molecular formula is C21H27N3O. The number of nitrogens with one attached hydrogen (secondary N) is 1. The summed E-state index contributed by atoms with van der Waals surface area (Å²) in [4.78, 5) is 16.9. The van der Waals surface area contributed by atoms with Crippen molar-refractivity contribution in [3.8, 4) is 0 Å². The smallest absolute Gasteiger partial charge is 0.251 e. The Balaban J connectivity index is 1.49. The minimum Gasteiger partial charge on any atom is -0.369 e. The normalized spacial score (nSPS) is 15.2. The van der Waals surface area contributed by atoms with E-state index < -0.39 is 0 Å². The summed E-state index contributed by atoms with van der Waals surface area (Å²) in [6.45, 7) is 7.97. The third-order valence-electron chi connectivity index (χ3n) is 4.65. The lowest BCUT2D eigenvalue weighted by atomic mass is 10.1. The van der Waals surface area contributed by atoms with Gasteiger partial charge in [-0.3, -0.25) is 9.69 Å². The van der Waals surface area contributed by atoms with Crippen LogP contribution in [0.15, 0.2) is 54.6 Å². The first-order valence-corrected chi connectivity index (χ1v) is 9.16. The highest BCUT2D eigenvalue weighted by Gasteiger charge is 2.17. The van der Waals surface area contributed by atoms with E-state index >= 15 is 0 Å². The molecule has 1 heterocycles. The minimum absolute atomic E-state index is 0.0184. The first-order valence-electron chi connectivity index (χ1n) is 9.16. The van der Waals surface area contributed by atoms with Gasteiger partial charge in [-0.2, -0.15) is 0 Å². The summed E-state index contributed by atoms with van der Waals surface area (Å²) in [5.41, 5.74) is 3.32. The summed E-state index contributed by atoms with van der Waals surface area (Å²) < 4.78 is 0. The number of carbonyl (C=O) groups excluding carboxylic acids is 1. The van der Waals surface area contributed by atoms with Crippen molar-refractivity contribution in [2.45, 2.75) is 19.9 Å². The second-order valence-electron chi connectivity index (χ2n) is 6.55. The predicted octanol–water partition coefficient (Wildman–Crippen LogP) is 3.15. The molecule has 0 atom stereocenters. The Kier molecular flexibility index (Phi) is 6.07. The van der Waals surface area contributed by atoms with Crippen LogP contribution in [0.1, 0.15) is 29.3 Å². The summed E-state index contributed by atoms with van der Waals surface area (Å²) in [6, 6.07) is 18.6. The second kappa shape index (κ2) is 8.67. The molecule has 2 aromatic carbocycles. The van der Waals surface area contributed by atoms with E-state index in [0.717, 1.165) is 51.3 Å². The summed E-state index contributed by atoms with van der Waals surface area (Å²) >= 11 is 0. The lowest BCUT2D eigenvalue weighted by Gasteiger charge is -2.36. The molecule has 0 unspecified atom stereocenters. The van der Waals surface area contributed by atoms with Crippen molar-refractivity contribution in [1.29, 1.82) is 0 Å². The van der Waals surface area contributed by atoms with Gasteiger partial charge in [0.1, 0.15) is 0 Å². The van der Waals surface area contributed by atoms with Gasteiger partial charge in [0.2, 0.25) is 0 Å². The fourth-order valence-electron chi connectivity index (χ4n) is 3.16. The molecule has 1 amide bonds. The average Bonchev–Trinajstić information content (AvgIpc) is 2.68. The number of carbonyl (C=O) groups is 1. The number of piperazine rings is 1. The van der Waals surface area contributed by atoms with Crippen LogP contribution in [0.3, 0.4) is 0 Å². The van der Waals surface area contributed by atoms with Crippen LogP contribution in [0.25, 0.3) is 0 Å². The number of nitrogens with zero attached hydrogens (tertiary/aromatic N) is 2. The summed E-state index contributed by atoms with van der Waals surface area (Å²) in [5, 5.41) is 2.92. The molecule has 2 aromatic rings. The van der Waals surface area contributed by atoms with Crippen LogP contribution in [0.5, 0.6) is 0 Å². The van der Waals surface area contributed by atoms with Gasteiger partial charge in [-0.1, -0.05) is 37.3 Å². The van der Waals surface area contributed by atoms with Gasteiger partial charge in [0.15, 0.2) is 0 Å². The molecule has 132 valence electrons. The SMILES string of the molecule is CCCNC(=O)c1ccc(CN2CCN(c3ccccc3)CC2)cc1. The summed E-state index contributed by atoms with van der Waals surface area (Å²) in [5.74, 6) is 0.0184. The fourth-order valence-corrected chi connectivity index (χ4v) is 3.16. The maximum atomic E-state index is 11.9. The maximum Gasteiger partial charge on any atom is 0.251 e. The molecule has 1 N–H and O–H groups in total. The lowest BCUT2D eigenvalue weighted by Crippen LogP contribution is -2.45. The second-order valence-corrected chi connectivity index (χ2v) is 6.55. The molecule has 0 spiro atoms. The van der Waals surface area contributed by atoms with Gasteiger partial charge in [0.05, 0.1) is 0 Å². The number of hydrogen-bond donors (Lipinski definition) is 1. The number of hydrogen-bond acceptors (Lipinski definition) is 3. The van der Waals surface area contributed by atoms with Crippen LogP contribution in [-0.2, 0) is 6.54 Å². The number of rotatable bonds is 6. The minimum atomic E-state index is 0.0184. The first kappa shape index (κ1) is 17.5. The third-order valence-corrected chi connectivity index (χ3v) is 4.65. The van der Waals surface area contributed by atoms with Crippen LogP contribution >= 0.6 is 0 Å². The van der Waals surface area contributed by atoms with Crippen molar-refractivity contribution in [2.75, 3.05) is 37.6 Å².